The van der Waals surface area contributed by atoms with E-state index in [-0.39, 0.29) is 0 Å². The Labute approximate surface area is 105 Å². The van der Waals surface area contributed by atoms with Crippen molar-refractivity contribution >= 4 is 16.9 Å². The highest BCUT2D eigenvalue weighted by molar-refractivity contribution is 5.77. The lowest BCUT2D eigenvalue weighted by Crippen LogP contribution is -1.93. The van der Waals surface area contributed by atoms with Crippen molar-refractivity contribution < 1.29 is 0 Å². The van der Waals surface area contributed by atoms with Gasteiger partial charge < -0.3 is 9.88 Å². The van der Waals surface area contributed by atoms with Crippen LogP contribution < -0.4 is 5.32 Å². The number of hydrogen-bond donors (Lipinski definition) is 1. The Bertz CT molecular complexity index is 683. The quantitative estimate of drug-likeness (QED) is 0.746. The van der Waals surface area contributed by atoms with Crippen molar-refractivity contribution in [2.45, 2.75) is 0 Å². The summed E-state index contributed by atoms with van der Waals surface area (Å²) in [6.07, 6.45) is 1.77. The molecule has 2 heterocycles. The second-order valence-corrected chi connectivity index (χ2v) is 4.17. The van der Waals surface area contributed by atoms with Gasteiger partial charge in [0, 0.05) is 31.5 Å². The van der Waals surface area contributed by atoms with Crippen molar-refractivity contribution in [1.82, 2.24) is 14.5 Å². The zero-order valence-electron chi connectivity index (χ0n) is 10.4. The average Bonchev–Trinajstić information content (AvgIpc) is 2.77. The van der Waals surface area contributed by atoms with E-state index >= 15 is 0 Å². The number of hydrogen-bond acceptors (Lipinski definition) is 3. The molecule has 18 heavy (non-hydrogen) atoms. The fourth-order valence-electron chi connectivity index (χ4n) is 2.07. The SMILES string of the molecule is CNc1ccc(-c2nc3ncccc3n2C)cc1. The van der Waals surface area contributed by atoms with Crippen LogP contribution in [0.3, 0.4) is 0 Å². The molecule has 0 atom stereocenters. The summed E-state index contributed by atoms with van der Waals surface area (Å²) in [4.78, 5) is 8.85. The summed E-state index contributed by atoms with van der Waals surface area (Å²) in [7, 11) is 3.92. The molecule has 3 aromatic rings. The van der Waals surface area contributed by atoms with Gasteiger partial charge in [0.25, 0.3) is 0 Å². The molecule has 0 unspecified atom stereocenters. The molecule has 0 fully saturated rings. The van der Waals surface area contributed by atoms with Crippen LogP contribution in [0.1, 0.15) is 0 Å². The summed E-state index contributed by atoms with van der Waals surface area (Å²) < 4.78 is 2.07. The maximum Gasteiger partial charge on any atom is 0.178 e. The van der Waals surface area contributed by atoms with Crippen LogP contribution in [-0.2, 0) is 7.05 Å². The van der Waals surface area contributed by atoms with Crippen molar-refractivity contribution in [3.8, 4) is 11.4 Å². The molecule has 2 aromatic heterocycles. The summed E-state index contributed by atoms with van der Waals surface area (Å²) in [5, 5.41) is 3.11. The van der Waals surface area contributed by atoms with E-state index in [1.807, 2.05) is 38.4 Å². The minimum atomic E-state index is 0.785. The number of nitrogens with one attached hydrogen (secondary N) is 1. The van der Waals surface area contributed by atoms with Crippen molar-refractivity contribution in [3.63, 3.8) is 0 Å². The Kier molecular flexibility index (Phi) is 2.48. The van der Waals surface area contributed by atoms with E-state index in [9.17, 15) is 0 Å². The lowest BCUT2D eigenvalue weighted by atomic mass is 10.2. The van der Waals surface area contributed by atoms with Gasteiger partial charge in [-0.3, -0.25) is 0 Å². The molecule has 4 heteroatoms. The van der Waals surface area contributed by atoms with Crippen molar-refractivity contribution in [1.29, 1.82) is 0 Å². The fraction of sp³-hybridized carbons (Fsp3) is 0.143. The van der Waals surface area contributed by atoms with Crippen LogP contribution in [-0.4, -0.2) is 21.6 Å². The number of rotatable bonds is 2. The first-order valence-corrected chi connectivity index (χ1v) is 5.85. The van der Waals surface area contributed by atoms with Gasteiger partial charge >= 0.3 is 0 Å². The molecule has 90 valence electrons. The predicted molar refractivity (Wildman–Crippen MR) is 73.5 cm³/mol. The number of anilines is 1. The van der Waals surface area contributed by atoms with Gasteiger partial charge in [-0.25, -0.2) is 9.97 Å². The summed E-state index contributed by atoms with van der Waals surface area (Å²) >= 11 is 0. The lowest BCUT2D eigenvalue weighted by Gasteiger charge is -2.04. The van der Waals surface area contributed by atoms with Crippen molar-refractivity contribution in [2.75, 3.05) is 12.4 Å². The van der Waals surface area contributed by atoms with Crippen LogP contribution in [0.25, 0.3) is 22.6 Å². The Hall–Kier alpha value is -2.36. The van der Waals surface area contributed by atoms with E-state index in [4.69, 9.17) is 0 Å². The Morgan fingerprint density at radius 3 is 2.56 bits per heavy atom. The van der Waals surface area contributed by atoms with E-state index in [0.717, 1.165) is 28.2 Å². The summed E-state index contributed by atoms with van der Waals surface area (Å²) in [5.41, 5.74) is 4.02. The number of fused-ring (bicyclic) bond motifs is 1. The van der Waals surface area contributed by atoms with Crippen LogP contribution in [0.2, 0.25) is 0 Å². The van der Waals surface area contributed by atoms with Gasteiger partial charge in [0.1, 0.15) is 5.82 Å². The highest BCUT2D eigenvalue weighted by Crippen LogP contribution is 2.23. The molecule has 0 amide bonds. The largest absolute Gasteiger partial charge is 0.388 e. The number of nitrogens with zero attached hydrogens (tertiary/aromatic N) is 3. The first-order chi connectivity index (χ1) is 8.79. The second kappa shape index (κ2) is 4.14. The van der Waals surface area contributed by atoms with Crippen molar-refractivity contribution in [2.24, 2.45) is 7.05 Å². The van der Waals surface area contributed by atoms with E-state index in [1.54, 1.807) is 6.20 Å². The number of imidazole rings is 1. The molecule has 3 rings (SSSR count). The third kappa shape index (κ3) is 1.62. The molecular weight excluding hydrogens is 224 g/mol. The molecule has 4 nitrogen and oxygen atoms in total. The standard InChI is InChI=1S/C14H14N4/c1-15-11-7-5-10(6-8-11)14-17-13-12(18(14)2)4-3-9-16-13/h3-9,15H,1-2H3. The van der Waals surface area contributed by atoms with Crippen LogP contribution in [0, 0.1) is 0 Å². The number of aryl methyl sites for hydroxylation is 1. The van der Waals surface area contributed by atoms with Crippen LogP contribution in [0.4, 0.5) is 5.69 Å². The zero-order valence-corrected chi connectivity index (χ0v) is 10.4. The highest BCUT2D eigenvalue weighted by Gasteiger charge is 2.09. The molecule has 0 aliphatic heterocycles. The smallest absolute Gasteiger partial charge is 0.178 e. The number of benzene rings is 1. The third-order valence-electron chi connectivity index (χ3n) is 3.09. The predicted octanol–water partition coefficient (Wildman–Crippen LogP) is 2.68. The molecule has 0 saturated heterocycles. The molecule has 0 bridgehead atoms. The first kappa shape index (κ1) is 10.8. The third-order valence-corrected chi connectivity index (χ3v) is 3.09. The maximum atomic E-state index is 4.57. The Morgan fingerprint density at radius 1 is 1.11 bits per heavy atom. The molecule has 0 aliphatic rings. The van der Waals surface area contributed by atoms with E-state index in [0.29, 0.717) is 0 Å². The Balaban J connectivity index is 2.15. The minimum Gasteiger partial charge on any atom is -0.388 e. The van der Waals surface area contributed by atoms with Crippen molar-refractivity contribution in [3.05, 3.63) is 42.6 Å². The topological polar surface area (TPSA) is 42.7 Å². The molecule has 1 aromatic carbocycles. The highest BCUT2D eigenvalue weighted by atomic mass is 15.1. The van der Waals surface area contributed by atoms with Gasteiger partial charge in [-0.05, 0) is 36.4 Å². The van der Waals surface area contributed by atoms with Gasteiger partial charge in [-0.2, -0.15) is 0 Å². The average molecular weight is 238 g/mol. The normalized spacial score (nSPS) is 10.8. The van der Waals surface area contributed by atoms with E-state index in [1.165, 1.54) is 0 Å². The number of aromatic nitrogens is 3. The fourth-order valence-corrected chi connectivity index (χ4v) is 2.07. The zero-order chi connectivity index (χ0) is 12.5. The molecule has 0 radical (unpaired) electrons. The number of pyridine rings is 1. The molecular formula is C14H14N4. The van der Waals surface area contributed by atoms with Gasteiger partial charge in [0.15, 0.2) is 5.65 Å². The maximum absolute atomic E-state index is 4.57. The van der Waals surface area contributed by atoms with Gasteiger partial charge in [0.05, 0.1) is 5.52 Å². The van der Waals surface area contributed by atoms with E-state index < -0.39 is 0 Å². The first-order valence-electron chi connectivity index (χ1n) is 5.85. The van der Waals surface area contributed by atoms with Gasteiger partial charge in [-0.15, -0.1) is 0 Å². The summed E-state index contributed by atoms with van der Waals surface area (Å²) in [6, 6.07) is 12.2. The monoisotopic (exact) mass is 238 g/mol. The lowest BCUT2D eigenvalue weighted by molar-refractivity contribution is 0.959. The molecule has 0 aliphatic carbocycles. The summed E-state index contributed by atoms with van der Waals surface area (Å²) in [5.74, 6) is 0.936. The Morgan fingerprint density at radius 2 is 1.89 bits per heavy atom. The molecule has 0 saturated carbocycles. The minimum absolute atomic E-state index is 0.785. The molecule has 0 spiro atoms. The molecule has 1 N–H and O–H groups in total. The van der Waals surface area contributed by atoms with Gasteiger partial charge in [-0.1, -0.05) is 0 Å². The second-order valence-electron chi connectivity index (χ2n) is 4.17. The van der Waals surface area contributed by atoms with E-state index in [2.05, 4.69) is 32.0 Å². The summed E-state index contributed by atoms with van der Waals surface area (Å²) in [6.45, 7) is 0. The van der Waals surface area contributed by atoms with Crippen LogP contribution in [0.15, 0.2) is 42.6 Å². The van der Waals surface area contributed by atoms with Crippen LogP contribution >= 0.6 is 0 Å². The van der Waals surface area contributed by atoms with Gasteiger partial charge in [0.2, 0.25) is 0 Å². The van der Waals surface area contributed by atoms with Crippen LogP contribution in [0.5, 0.6) is 0 Å².